The summed E-state index contributed by atoms with van der Waals surface area (Å²) in [5, 5.41) is 11.2. The Balaban J connectivity index is 2.16. The Bertz CT molecular complexity index is 826. The second-order valence-electron chi connectivity index (χ2n) is 4.76. The maximum absolute atomic E-state index is 12.4. The van der Waals surface area contributed by atoms with Crippen LogP contribution < -0.4 is 4.90 Å². The SMILES string of the molecule is [N-]=[N+]=C1C(=O)N(Cc2ccccc2)c2c1cccc2[N+](=O)[O-]. The Labute approximate surface area is 125 Å². The van der Waals surface area contributed by atoms with Crippen molar-refractivity contribution < 1.29 is 14.5 Å². The Kier molecular flexibility index (Phi) is 3.25. The molecule has 0 bridgehead atoms. The van der Waals surface area contributed by atoms with Crippen LogP contribution in [0.5, 0.6) is 0 Å². The molecule has 22 heavy (non-hydrogen) atoms. The van der Waals surface area contributed by atoms with Crippen LogP contribution >= 0.6 is 0 Å². The quantitative estimate of drug-likeness (QED) is 0.375. The van der Waals surface area contributed by atoms with Crippen LogP contribution in [0.2, 0.25) is 0 Å². The third-order valence-electron chi connectivity index (χ3n) is 3.47. The molecule has 1 heterocycles. The first-order valence-electron chi connectivity index (χ1n) is 6.49. The molecule has 0 radical (unpaired) electrons. The molecular weight excluding hydrogens is 284 g/mol. The summed E-state index contributed by atoms with van der Waals surface area (Å²) in [6, 6.07) is 13.4. The van der Waals surface area contributed by atoms with E-state index in [1.807, 2.05) is 30.3 Å². The molecule has 0 unspecified atom stereocenters. The van der Waals surface area contributed by atoms with Crippen LogP contribution in [0.3, 0.4) is 0 Å². The van der Waals surface area contributed by atoms with E-state index in [0.29, 0.717) is 0 Å². The minimum atomic E-state index is -0.560. The van der Waals surface area contributed by atoms with Crippen molar-refractivity contribution in [1.82, 2.24) is 0 Å². The number of amides is 1. The summed E-state index contributed by atoms with van der Waals surface area (Å²) >= 11 is 0. The molecule has 1 amide bonds. The van der Waals surface area contributed by atoms with E-state index in [4.69, 9.17) is 5.53 Å². The highest BCUT2D eigenvalue weighted by Crippen LogP contribution is 2.38. The van der Waals surface area contributed by atoms with Gasteiger partial charge in [-0.1, -0.05) is 36.4 Å². The summed E-state index contributed by atoms with van der Waals surface area (Å²) in [4.78, 5) is 27.3. The number of nitrogens with zero attached hydrogens (tertiary/aromatic N) is 4. The third kappa shape index (κ3) is 2.06. The van der Waals surface area contributed by atoms with Crippen LogP contribution in [-0.4, -0.2) is 21.3 Å². The Hall–Kier alpha value is -3.31. The summed E-state index contributed by atoms with van der Waals surface area (Å²) in [7, 11) is 0. The highest BCUT2D eigenvalue weighted by molar-refractivity contribution is 6.52. The number of carbonyl (C=O) groups excluding carboxylic acids is 1. The minimum absolute atomic E-state index is 0.161. The molecule has 1 aliphatic heterocycles. The Morgan fingerprint density at radius 3 is 2.50 bits per heavy atom. The normalized spacial score (nSPS) is 13.0. The molecule has 7 heteroatoms. The number of carbonyl (C=O) groups is 1. The molecule has 0 aliphatic carbocycles. The van der Waals surface area contributed by atoms with Gasteiger partial charge >= 0.3 is 11.6 Å². The summed E-state index contributed by atoms with van der Waals surface area (Å²) in [6.07, 6.45) is 0. The molecule has 2 aromatic carbocycles. The zero-order valence-corrected chi connectivity index (χ0v) is 11.3. The molecule has 2 aromatic rings. The van der Waals surface area contributed by atoms with Crippen LogP contribution in [0.4, 0.5) is 11.4 Å². The van der Waals surface area contributed by atoms with E-state index in [2.05, 4.69) is 4.79 Å². The topological polar surface area (TPSA) is 99.9 Å². The average Bonchev–Trinajstić information content (AvgIpc) is 2.80. The van der Waals surface area contributed by atoms with Crippen molar-refractivity contribution in [2.24, 2.45) is 0 Å². The molecule has 0 N–H and O–H groups in total. The first-order chi connectivity index (χ1) is 10.6. The highest BCUT2D eigenvalue weighted by Gasteiger charge is 2.44. The van der Waals surface area contributed by atoms with Gasteiger partial charge in [0.25, 0.3) is 5.69 Å². The molecule has 3 rings (SSSR count). The van der Waals surface area contributed by atoms with Crippen molar-refractivity contribution in [2.75, 3.05) is 4.90 Å². The van der Waals surface area contributed by atoms with Crippen molar-refractivity contribution >= 4 is 23.0 Å². The van der Waals surface area contributed by atoms with Gasteiger partial charge in [-0.3, -0.25) is 19.8 Å². The lowest BCUT2D eigenvalue weighted by molar-refractivity contribution is -0.384. The fourth-order valence-corrected chi connectivity index (χ4v) is 2.51. The third-order valence-corrected chi connectivity index (χ3v) is 3.47. The van der Waals surface area contributed by atoms with E-state index in [0.717, 1.165) is 5.56 Å². The number of para-hydroxylation sites is 1. The van der Waals surface area contributed by atoms with Crippen molar-refractivity contribution in [3.05, 3.63) is 75.3 Å². The number of rotatable bonds is 3. The van der Waals surface area contributed by atoms with E-state index in [9.17, 15) is 14.9 Å². The van der Waals surface area contributed by atoms with E-state index in [1.165, 1.54) is 23.1 Å². The van der Waals surface area contributed by atoms with Crippen LogP contribution in [0.25, 0.3) is 5.53 Å². The second-order valence-corrected chi connectivity index (χ2v) is 4.76. The number of hydrogen-bond acceptors (Lipinski definition) is 3. The number of nitro groups is 1. The molecule has 0 atom stereocenters. The van der Waals surface area contributed by atoms with Gasteiger partial charge in [0.05, 0.1) is 11.5 Å². The Morgan fingerprint density at radius 1 is 1.14 bits per heavy atom. The number of anilines is 1. The number of benzene rings is 2. The van der Waals surface area contributed by atoms with Gasteiger partial charge < -0.3 is 5.53 Å². The van der Waals surface area contributed by atoms with Crippen LogP contribution in [-0.2, 0) is 11.3 Å². The van der Waals surface area contributed by atoms with Crippen LogP contribution in [0.15, 0.2) is 48.5 Å². The first-order valence-corrected chi connectivity index (χ1v) is 6.49. The van der Waals surface area contributed by atoms with Crippen LogP contribution in [0.1, 0.15) is 11.1 Å². The smallest absolute Gasteiger partial charge is 0.361 e. The maximum Gasteiger partial charge on any atom is 0.389 e. The first kappa shape index (κ1) is 13.7. The largest absolute Gasteiger partial charge is 0.389 e. The molecule has 108 valence electrons. The average molecular weight is 294 g/mol. The van der Waals surface area contributed by atoms with Crippen molar-refractivity contribution in [3.8, 4) is 0 Å². The standard InChI is InChI=1S/C15H10N4O3/c16-17-13-11-7-4-8-12(19(21)22)14(11)18(15(13)20)9-10-5-2-1-3-6-10/h1-8H,9H2. The summed E-state index contributed by atoms with van der Waals surface area (Å²) in [5.74, 6) is -0.560. The summed E-state index contributed by atoms with van der Waals surface area (Å²) < 4.78 is 0. The van der Waals surface area contributed by atoms with Gasteiger partial charge in [0.15, 0.2) is 0 Å². The zero-order valence-electron chi connectivity index (χ0n) is 11.3. The fraction of sp³-hybridized carbons (Fsp3) is 0.0667. The highest BCUT2D eigenvalue weighted by atomic mass is 16.6. The number of hydrogen-bond donors (Lipinski definition) is 0. The van der Waals surface area contributed by atoms with Crippen molar-refractivity contribution in [1.29, 1.82) is 0 Å². The fourth-order valence-electron chi connectivity index (χ4n) is 2.51. The Morgan fingerprint density at radius 2 is 1.86 bits per heavy atom. The van der Waals surface area contributed by atoms with E-state index >= 15 is 0 Å². The van der Waals surface area contributed by atoms with Crippen LogP contribution in [0, 0.1) is 10.1 Å². The monoisotopic (exact) mass is 294 g/mol. The molecule has 0 saturated heterocycles. The predicted molar refractivity (Wildman–Crippen MR) is 78.5 cm³/mol. The predicted octanol–water partition coefficient (Wildman–Crippen LogP) is 2.16. The molecule has 0 aromatic heterocycles. The van der Waals surface area contributed by atoms with Gasteiger partial charge in [0.1, 0.15) is 11.3 Å². The van der Waals surface area contributed by atoms with E-state index in [-0.39, 0.29) is 29.2 Å². The minimum Gasteiger partial charge on any atom is -0.361 e. The van der Waals surface area contributed by atoms with Crippen molar-refractivity contribution in [3.63, 3.8) is 0 Å². The maximum atomic E-state index is 12.4. The number of nitro benzene ring substituents is 1. The molecule has 7 nitrogen and oxygen atoms in total. The van der Waals surface area contributed by atoms with Gasteiger partial charge in [-0.25, -0.2) is 0 Å². The van der Waals surface area contributed by atoms with E-state index < -0.39 is 10.8 Å². The van der Waals surface area contributed by atoms with E-state index in [1.54, 1.807) is 0 Å². The summed E-state index contributed by atoms with van der Waals surface area (Å²) in [5.41, 5.74) is 9.93. The molecule has 0 fully saturated rings. The molecule has 0 saturated carbocycles. The lowest BCUT2D eigenvalue weighted by Gasteiger charge is -2.15. The molecule has 0 spiro atoms. The molecular formula is C15H10N4O3. The van der Waals surface area contributed by atoms with Gasteiger partial charge in [-0.2, -0.15) is 4.79 Å². The molecule has 1 aliphatic rings. The second kappa shape index (κ2) is 5.23. The van der Waals surface area contributed by atoms with Gasteiger partial charge in [-0.15, -0.1) is 0 Å². The van der Waals surface area contributed by atoms with Gasteiger partial charge in [0.2, 0.25) is 0 Å². The van der Waals surface area contributed by atoms with Crippen molar-refractivity contribution in [2.45, 2.75) is 6.54 Å². The van der Waals surface area contributed by atoms with Gasteiger partial charge in [-0.05, 0) is 11.6 Å². The summed E-state index contributed by atoms with van der Waals surface area (Å²) in [6.45, 7) is 0.163. The van der Waals surface area contributed by atoms with Gasteiger partial charge in [0, 0.05) is 6.07 Å². The lowest BCUT2D eigenvalue weighted by Crippen LogP contribution is -2.30. The lowest BCUT2D eigenvalue weighted by atomic mass is 10.1. The number of fused-ring (bicyclic) bond motifs is 1. The zero-order chi connectivity index (χ0) is 15.7.